The van der Waals surface area contributed by atoms with Crippen molar-refractivity contribution in [3.05, 3.63) is 114 Å². The summed E-state index contributed by atoms with van der Waals surface area (Å²) in [6.45, 7) is 2.84. The van der Waals surface area contributed by atoms with Gasteiger partial charge < -0.3 is 24.4 Å². The van der Waals surface area contributed by atoms with Crippen LogP contribution in [0.5, 0.6) is 5.75 Å². The molecule has 0 spiro atoms. The number of hydrogen-bond acceptors (Lipinski definition) is 8. The lowest BCUT2D eigenvalue weighted by Gasteiger charge is -2.35. The Balaban J connectivity index is 1.10. The number of pyridine rings is 2. The van der Waals surface area contributed by atoms with Crippen LogP contribution >= 0.6 is 0 Å². The zero-order valence-electron chi connectivity index (χ0n) is 29.6. The number of aromatic nitrogens is 6. The quantitative estimate of drug-likeness (QED) is 0.197. The molecule has 14 heteroatoms. The predicted octanol–water partition coefficient (Wildman–Crippen LogP) is 5.84. The molecule has 0 bridgehead atoms. The van der Waals surface area contributed by atoms with Crippen LogP contribution in [0.3, 0.4) is 0 Å². The third-order valence-electron chi connectivity index (χ3n) is 10.0. The Labute approximate surface area is 309 Å². The van der Waals surface area contributed by atoms with E-state index in [1.54, 1.807) is 39.1 Å². The molecule has 0 radical (unpaired) electrons. The lowest BCUT2D eigenvalue weighted by Crippen LogP contribution is -2.49. The molecular formula is C40H37F2N9O3. The Morgan fingerprint density at radius 2 is 1.70 bits per heavy atom. The maximum Gasteiger partial charge on any atom is 0.270 e. The molecule has 0 aliphatic carbocycles. The number of carbonyl (C=O) groups excluding carboxylic acids is 2. The van der Waals surface area contributed by atoms with Gasteiger partial charge in [-0.25, -0.2) is 13.8 Å². The van der Waals surface area contributed by atoms with Crippen molar-refractivity contribution in [2.75, 3.05) is 51.3 Å². The number of methoxy groups -OCH3 is 1. The maximum absolute atomic E-state index is 16.8. The van der Waals surface area contributed by atoms with Crippen LogP contribution < -0.4 is 9.64 Å². The van der Waals surface area contributed by atoms with Crippen LogP contribution in [0.15, 0.2) is 91.5 Å². The molecular weight excluding hydrogens is 692 g/mol. The maximum atomic E-state index is 16.8. The second-order valence-electron chi connectivity index (χ2n) is 13.3. The van der Waals surface area contributed by atoms with Crippen LogP contribution in [0.1, 0.15) is 28.9 Å². The number of nitrogens with one attached hydrogen (secondary N) is 1. The molecule has 2 aromatic carbocycles. The van der Waals surface area contributed by atoms with Gasteiger partial charge in [0.25, 0.3) is 5.91 Å². The number of aryl methyl sites for hydroxylation is 1. The molecule has 6 heterocycles. The van der Waals surface area contributed by atoms with Crippen LogP contribution in [0.4, 0.5) is 14.6 Å². The number of piperazine rings is 1. The van der Waals surface area contributed by atoms with Crippen molar-refractivity contribution in [1.82, 2.24) is 39.7 Å². The van der Waals surface area contributed by atoms with Gasteiger partial charge in [-0.15, -0.1) is 5.10 Å². The van der Waals surface area contributed by atoms with E-state index in [1.165, 1.54) is 13.2 Å². The first-order valence-corrected chi connectivity index (χ1v) is 17.8. The summed E-state index contributed by atoms with van der Waals surface area (Å²) in [5.74, 6) is -0.456. The van der Waals surface area contributed by atoms with E-state index in [0.29, 0.717) is 73.8 Å². The number of rotatable bonds is 9. The number of hydrogen-bond donors (Lipinski definition) is 1. The molecule has 2 amide bonds. The van der Waals surface area contributed by atoms with E-state index >= 15 is 4.39 Å². The average Bonchev–Trinajstić information content (AvgIpc) is 3.92. The van der Waals surface area contributed by atoms with Crippen molar-refractivity contribution in [3.8, 4) is 28.1 Å². The summed E-state index contributed by atoms with van der Waals surface area (Å²) in [5.41, 5.74) is 4.91. The third-order valence-corrected chi connectivity index (χ3v) is 10.0. The summed E-state index contributed by atoms with van der Waals surface area (Å²) in [7, 11) is 1.46. The van der Waals surface area contributed by atoms with Crippen molar-refractivity contribution < 1.29 is 23.1 Å². The van der Waals surface area contributed by atoms with Gasteiger partial charge in [0.05, 0.1) is 37.3 Å². The first kappa shape index (κ1) is 34.6. The number of fused-ring (bicyclic) bond motifs is 1. The largest absolute Gasteiger partial charge is 0.493 e. The summed E-state index contributed by atoms with van der Waals surface area (Å²) < 4.78 is 37.5. The number of nitrogens with zero attached hydrogens (tertiary/aromatic N) is 8. The number of H-pyrrole nitrogens is 1. The Morgan fingerprint density at radius 3 is 2.44 bits per heavy atom. The minimum atomic E-state index is -0.493. The van der Waals surface area contributed by atoms with E-state index in [0.717, 1.165) is 28.6 Å². The second-order valence-corrected chi connectivity index (χ2v) is 13.3. The molecule has 274 valence electrons. The highest BCUT2D eigenvalue weighted by atomic mass is 19.1. The van der Waals surface area contributed by atoms with Crippen LogP contribution in [-0.4, -0.2) is 97.9 Å². The zero-order chi connectivity index (χ0) is 37.2. The fraction of sp³-hybridized carbons (Fsp3) is 0.250. The first-order valence-electron chi connectivity index (χ1n) is 17.8. The van der Waals surface area contributed by atoms with Crippen molar-refractivity contribution in [2.45, 2.75) is 19.4 Å². The first-order chi connectivity index (χ1) is 26.4. The molecule has 0 atom stereocenters. The van der Waals surface area contributed by atoms with Crippen molar-refractivity contribution in [2.24, 2.45) is 0 Å². The molecule has 12 nitrogen and oxygen atoms in total. The molecule has 2 aliphatic rings. The SMILES string of the molecule is COc1cc(F)cnc1N1CCN(C(=O)c2cc3c(-c4ccc(-c5ccccn5)cc4)cc(C4=CCCN(C(=O)CCn5ccnn5)C4)c(F)c3[nH]2)CC1. The minimum Gasteiger partial charge on any atom is -0.493 e. The smallest absolute Gasteiger partial charge is 0.270 e. The summed E-state index contributed by atoms with van der Waals surface area (Å²) in [6, 6.07) is 18.5. The topological polar surface area (TPSA) is 125 Å². The van der Waals surface area contributed by atoms with E-state index in [2.05, 4.69) is 25.3 Å². The molecule has 0 unspecified atom stereocenters. The van der Waals surface area contributed by atoms with Gasteiger partial charge in [-0.2, -0.15) is 0 Å². The lowest BCUT2D eigenvalue weighted by molar-refractivity contribution is -0.131. The molecule has 2 aliphatic heterocycles. The van der Waals surface area contributed by atoms with Gasteiger partial charge in [-0.1, -0.05) is 41.6 Å². The second kappa shape index (κ2) is 14.9. The highest BCUT2D eigenvalue weighted by molar-refractivity contribution is 6.05. The molecule has 6 aromatic rings. The number of carbonyl (C=O) groups is 2. The number of anilines is 1. The van der Waals surface area contributed by atoms with Crippen molar-refractivity contribution in [1.29, 1.82) is 0 Å². The molecule has 0 saturated carbocycles. The molecule has 4 aromatic heterocycles. The van der Waals surface area contributed by atoms with E-state index in [9.17, 15) is 14.0 Å². The van der Waals surface area contributed by atoms with E-state index in [-0.39, 0.29) is 36.0 Å². The standard InChI is InChI=1S/C40H37F2N9O3/c1-54-35-21-29(41)24-44-39(35)48-17-19-49(20-18-48)40(53)34-23-32-30(26-7-9-27(10-8-26)33-6-2-3-12-43-33)22-31(37(42)38(32)46-34)28-5-4-14-50(25-28)36(52)11-15-51-16-13-45-47-51/h2-3,5-10,12-13,16,21-24,46H,4,11,14-15,17-20,25H2,1H3. The third kappa shape index (κ3) is 6.89. The van der Waals surface area contributed by atoms with Gasteiger partial charge in [-0.3, -0.25) is 19.3 Å². The predicted molar refractivity (Wildman–Crippen MR) is 200 cm³/mol. The number of halogens is 2. The molecule has 8 rings (SSSR count). The van der Waals surface area contributed by atoms with Gasteiger partial charge in [-0.05, 0) is 47.4 Å². The van der Waals surface area contributed by atoms with E-state index in [4.69, 9.17) is 4.74 Å². The van der Waals surface area contributed by atoms with E-state index in [1.807, 2.05) is 59.5 Å². The van der Waals surface area contributed by atoms with Crippen LogP contribution in [0.25, 0.3) is 38.9 Å². The monoisotopic (exact) mass is 729 g/mol. The number of ether oxygens (including phenoxy) is 1. The van der Waals surface area contributed by atoms with Crippen molar-refractivity contribution >= 4 is 34.1 Å². The fourth-order valence-electron chi connectivity index (χ4n) is 7.17. The van der Waals surface area contributed by atoms with Gasteiger partial charge in [0.1, 0.15) is 11.5 Å². The molecule has 1 N–H and O–H groups in total. The van der Waals surface area contributed by atoms with Crippen LogP contribution in [0.2, 0.25) is 0 Å². The highest BCUT2D eigenvalue weighted by Gasteiger charge is 2.28. The minimum absolute atomic E-state index is 0.0515. The Kier molecular flexibility index (Phi) is 9.55. The van der Waals surface area contributed by atoms with Gasteiger partial charge in [0.2, 0.25) is 5.91 Å². The summed E-state index contributed by atoms with van der Waals surface area (Å²) in [4.78, 5) is 44.5. The Hall–Kier alpha value is -6.44. The molecule has 1 saturated heterocycles. The summed E-state index contributed by atoms with van der Waals surface area (Å²) in [5, 5.41) is 8.32. The normalized spacial score (nSPS) is 14.7. The highest BCUT2D eigenvalue weighted by Crippen LogP contribution is 2.38. The van der Waals surface area contributed by atoms with Crippen LogP contribution in [0, 0.1) is 11.6 Å². The molecule has 1 fully saturated rings. The Bertz CT molecular complexity index is 2340. The summed E-state index contributed by atoms with van der Waals surface area (Å²) in [6.07, 6.45) is 8.98. The van der Waals surface area contributed by atoms with E-state index < -0.39 is 11.6 Å². The zero-order valence-corrected chi connectivity index (χ0v) is 29.6. The van der Waals surface area contributed by atoms with Gasteiger partial charge >= 0.3 is 0 Å². The van der Waals surface area contributed by atoms with Crippen molar-refractivity contribution in [3.63, 3.8) is 0 Å². The summed E-state index contributed by atoms with van der Waals surface area (Å²) >= 11 is 0. The molecule has 54 heavy (non-hydrogen) atoms. The number of aromatic amines is 1. The van der Waals surface area contributed by atoms with Gasteiger partial charge in [0.15, 0.2) is 17.4 Å². The fourth-order valence-corrected chi connectivity index (χ4v) is 7.17. The van der Waals surface area contributed by atoms with Crippen LogP contribution in [-0.2, 0) is 11.3 Å². The number of benzene rings is 2. The number of amides is 2. The lowest BCUT2D eigenvalue weighted by atomic mass is 9.92. The average molecular weight is 730 g/mol. The Morgan fingerprint density at radius 1 is 0.889 bits per heavy atom. The van der Waals surface area contributed by atoms with Gasteiger partial charge in [0, 0.05) is 80.7 Å².